The second-order valence-corrected chi connectivity index (χ2v) is 4.14. The molecular weight excluding hydrogens is 224 g/mol. The van der Waals surface area contributed by atoms with Crippen molar-refractivity contribution in [2.75, 3.05) is 6.61 Å². The van der Waals surface area contributed by atoms with E-state index in [9.17, 15) is 8.78 Å². The largest absolute Gasteiger partial charge is 0.493 e. The van der Waals surface area contributed by atoms with E-state index in [-0.39, 0.29) is 12.0 Å². The Kier molecular flexibility index (Phi) is 3.28. The van der Waals surface area contributed by atoms with Crippen molar-refractivity contribution in [2.45, 2.75) is 31.6 Å². The van der Waals surface area contributed by atoms with Crippen LogP contribution < -0.4 is 4.74 Å². The van der Waals surface area contributed by atoms with Crippen molar-refractivity contribution in [3.8, 4) is 11.8 Å². The predicted molar refractivity (Wildman–Crippen MR) is 59.0 cm³/mol. The molecule has 1 aromatic rings. The summed E-state index contributed by atoms with van der Waals surface area (Å²) in [4.78, 5) is 0. The molecule has 0 fully saturated rings. The predicted octanol–water partition coefficient (Wildman–Crippen LogP) is 3.41. The number of benzene rings is 1. The van der Waals surface area contributed by atoms with Gasteiger partial charge in [0.15, 0.2) is 0 Å². The van der Waals surface area contributed by atoms with Crippen molar-refractivity contribution in [3.05, 3.63) is 29.3 Å². The van der Waals surface area contributed by atoms with Crippen molar-refractivity contribution in [1.29, 1.82) is 5.26 Å². The molecule has 0 saturated carbocycles. The van der Waals surface area contributed by atoms with Crippen LogP contribution in [-0.2, 0) is 12.3 Å². The van der Waals surface area contributed by atoms with Gasteiger partial charge in [-0.1, -0.05) is 0 Å². The Labute approximate surface area is 98.8 Å². The summed E-state index contributed by atoms with van der Waals surface area (Å²) in [7, 11) is 0. The molecule has 0 amide bonds. The molecule has 0 aromatic heterocycles. The molecule has 1 heterocycles. The molecule has 1 aliphatic rings. The third kappa shape index (κ3) is 2.55. The van der Waals surface area contributed by atoms with Crippen LogP contribution in [0.2, 0.25) is 0 Å². The van der Waals surface area contributed by atoms with Crippen molar-refractivity contribution in [3.63, 3.8) is 0 Å². The number of ether oxygens (including phenoxy) is 1. The third-order valence-electron chi connectivity index (χ3n) is 2.88. The van der Waals surface area contributed by atoms with Crippen LogP contribution in [0.3, 0.4) is 0 Å². The Hall–Kier alpha value is -1.63. The number of hydrogen-bond acceptors (Lipinski definition) is 2. The van der Waals surface area contributed by atoms with Crippen molar-refractivity contribution < 1.29 is 13.5 Å². The van der Waals surface area contributed by atoms with E-state index in [1.165, 1.54) is 12.1 Å². The van der Waals surface area contributed by atoms with Gasteiger partial charge < -0.3 is 4.74 Å². The lowest BCUT2D eigenvalue weighted by Crippen LogP contribution is -2.15. The second-order valence-electron chi connectivity index (χ2n) is 4.14. The van der Waals surface area contributed by atoms with E-state index >= 15 is 0 Å². The van der Waals surface area contributed by atoms with Crippen molar-refractivity contribution in [2.24, 2.45) is 0 Å². The minimum Gasteiger partial charge on any atom is -0.493 e. The quantitative estimate of drug-likeness (QED) is 0.807. The molecular formula is C13H13F2NO. The van der Waals surface area contributed by atoms with E-state index in [1.54, 1.807) is 12.1 Å². The van der Waals surface area contributed by atoms with Gasteiger partial charge in [-0.05, 0) is 36.6 Å². The van der Waals surface area contributed by atoms with Gasteiger partial charge >= 0.3 is 0 Å². The summed E-state index contributed by atoms with van der Waals surface area (Å²) < 4.78 is 32.8. The zero-order valence-electron chi connectivity index (χ0n) is 9.38. The molecule has 0 spiro atoms. The van der Waals surface area contributed by atoms with Crippen LogP contribution >= 0.6 is 0 Å². The first-order valence-electron chi connectivity index (χ1n) is 5.64. The molecule has 1 aromatic carbocycles. The van der Waals surface area contributed by atoms with E-state index in [1.807, 2.05) is 0 Å². The van der Waals surface area contributed by atoms with Crippen LogP contribution in [0, 0.1) is 11.3 Å². The van der Waals surface area contributed by atoms with E-state index < -0.39 is 12.3 Å². The summed E-state index contributed by atoms with van der Waals surface area (Å²) in [5.74, 6) is -2.22. The standard InChI is InChI=1S/C13H13F2NO/c14-13(15,6-2-7-16)11-4-5-12-10(9-11)3-1-8-17-12/h4-5,9H,1-3,6,8H2. The monoisotopic (exact) mass is 237 g/mol. The zero-order chi connectivity index (χ0) is 12.3. The number of fused-ring (bicyclic) bond motifs is 1. The number of alkyl halides is 2. The van der Waals surface area contributed by atoms with Crippen LogP contribution in [0.5, 0.6) is 5.75 Å². The van der Waals surface area contributed by atoms with Crippen LogP contribution in [0.4, 0.5) is 8.78 Å². The number of nitriles is 1. The molecule has 0 radical (unpaired) electrons. The van der Waals surface area contributed by atoms with Gasteiger partial charge in [0.25, 0.3) is 5.92 Å². The van der Waals surface area contributed by atoms with E-state index in [2.05, 4.69) is 0 Å². The van der Waals surface area contributed by atoms with Gasteiger partial charge in [0.2, 0.25) is 0 Å². The van der Waals surface area contributed by atoms with Gasteiger partial charge in [-0.15, -0.1) is 0 Å². The molecule has 0 unspecified atom stereocenters. The lowest BCUT2D eigenvalue weighted by Gasteiger charge is -2.21. The summed E-state index contributed by atoms with van der Waals surface area (Å²) >= 11 is 0. The Morgan fingerprint density at radius 1 is 1.41 bits per heavy atom. The number of aryl methyl sites for hydroxylation is 1. The topological polar surface area (TPSA) is 33.0 Å². The fourth-order valence-corrected chi connectivity index (χ4v) is 1.95. The number of halogens is 2. The van der Waals surface area contributed by atoms with E-state index in [0.29, 0.717) is 12.4 Å². The molecule has 4 heteroatoms. The minimum absolute atomic E-state index is 0.0167. The molecule has 17 heavy (non-hydrogen) atoms. The fraction of sp³-hybridized carbons (Fsp3) is 0.462. The summed E-state index contributed by atoms with van der Waals surface area (Å²) in [5, 5.41) is 8.37. The molecule has 0 atom stereocenters. The lowest BCUT2D eigenvalue weighted by atomic mass is 9.98. The van der Waals surface area contributed by atoms with Gasteiger partial charge in [0, 0.05) is 18.4 Å². The smallest absolute Gasteiger partial charge is 0.274 e. The summed E-state index contributed by atoms with van der Waals surface area (Å²) in [6.07, 6.45) is 1.07. The summed E-state index contributed by atoms with van der Waals surface area (Å²) in [6, 6.07) is 6.25. The first kappa shape index (κ1) is 11.8. The van der Waals surface area contributed by atoms with Gasteiger partial charge in [-0.3, -0.25) is 0 Å². The van der Waals surface area contributed by atoms with Crippen LogP contribution in [0.1, 0.15) is 30.4 Å². The molecule has 0 bridgehead atoms. The maximum atomic E-state index is 13.7. The summed E-state index contributed by atoms with van der Waals surface area (Å²) in [5.41, 5.74) is 0.822. The normalized spacial score (nSPS) is 14.6. The molecule has 0 saturated heterocycles. The number of nitrogens with zero attached hydrogens (tertiary/aromatic N) is 1. The molecule has 90 valence electrons. The zero-order valence-corrected chi connectivity index (χ0v) is 9.38. The minimum atomic E-state index is -2.93. The van der Waals surface area contributed by atoms with E-state index in [4.69, 9.17) is 10.00 Å². The van der Waals surface area contributed by atoms with Crippen LogP contribution in [-0.4, -0.2) is 6.61 Å². The average Bonchev–Trinajstić information content (AvgIpc) is 2.36. The SMILES string of the molecule is N#CCCC(F)(F)c1ccc2c(c1)CCCO2. The Morgan fingerprint density at radius 3 is 3.00 bits per heavy atom. The first-order valence-corrected chi connectivity index (χ1v) is 5.64. The maximum absolute atomic E-state index is 13.7. The van der Waals surface area contributed by atoms with Crippen molar-refractivity contribution in [1.82, 2.24) is 0 Å². The fourth-order valence-electron chi connectivity index (χ4n) is 1.95. The van der Waals surface area contributed by atoms with Gasteiger partial charge in [-0.2, -0.15) is 5.26 Å². The Bertz CT molecular complexity index is 451. The highest BCUT2D eigenvalue weighted by Gasteiger charge is 2.31. The maximum Gasteiger partial charge on any atom is 0.274 e. The van der Waals surface area contributed by atoms with Crippen molar-refractivity contribution >= 4 is 0 Å². The highest BCUT2D eigenvalue weighted by atomic mass is 19.3. The third-order valence-corrected chi connectivity index (χ3v) is 2.88. The highest BCUT2D eigenvalue weighted by Crippen LogP contribution is 2.36. The van der Waals surface area contributed by atoms with Gasteiger partial charge in [0.05, 0.1) is 12.7 Å². The lowest BCUT2D eigenvalue weighted by molar-refractivity contribution is -0.0121. The second kappa shape index (κ2) is 4.70. The van der Waals surface area contributed by atoms with Crippen LogP contribution in [0.25, 0.3) is 0 Å². The summed E-state index contributed by atoms with van der Waals surface area (Å²) in [6.45, 7) is 0.650. The molecule has 2 nitrogen and oxygen atoms in total. The molecule has 1 aliphatic heterocycles. The average molecular weight is 237 g/mol. The number of hydrogen-bond donors (Lipinski definition) is 0. The van der Waals surface area contributed by atoms with Gasteiger partial charge in [-0.25, -0.2) is 8.78 Å². The van der Waals surface area contributed by atoms with E-state index in [0.717, 1.165) is 18.4 Å². The van der Waals surface area contributed by atoms with Crippen LogP contribution in [0.15, 0.2) is 18.2 Å². The Balaban J connectivity index is 2.24. The highest BCUT2D eigenvalue weighted by molar-refractivity contribution is 5.40. The Morgan fingerprint density at radius 2 is 2.24 bits per heavy atom. The molecule has 2 rings (SSSR count). The van der Waals surface area contributed by atoms with Gasteiger partial charge in [0.1, 0.15) is 5.75 Å². The number of rotatable bonds is 3. The molecule has 0 aliphatic carbocycles. The first-order chi connectivity index (χ1) is 8.13. The molecule has 0 N–H and O–H groups in total.